The number of aromatic nitrogens is 1. The van der Waals surface area contributed by atoms with E-state index in [0.717, 1.165) is 12.1 Å². The molecule has 1 heterocycles. The van der Waals surface area contributed by atoms with Gasteiger partial charge in [0.05, 0.1) is 0 Å². The molecule has 0 aliphatic carbocycles. The molecule has 0 aliphatic rings. The molecule has 0 saturated carbocycles. The van der Waals surface area contributed by atoms with E-state index in [4.69, 9.17) is 5.84 Å². The van der Waals surface area contributed by atoms with E-state index in [2.05, 4.69) is 23.4 Å². The summed E-state index contributed by atoms with van der Waals surface area (Å²) in [5.74, 6) is 5.61. The van der Waals surface area contributed by atoms with Crippen molar-refractivity contribution < 1.29 is 0 Å². The Bertz CT molecular complexity index is 295. The second-order valence-corrected chi connectivity index (χ2v) is 4.66. The maximum Gasteiger partial charge on any atom is 0.0475 e. The van der Waals surface area contributed by atoms with E-state index in [1.54, 1.807) is 0 Å². The standard InChI is InChI=1S/C14H25N3/c1-3-4-5-6-7-8-14(17-15)13-10-9-12(2)16-11-13/h9-11,14,17H,3-8,15H2,1-2H3. The third-order valence-electron chi connectivity index (χ3n) is 3.13. The van der Waals surface area contributed by atoms with Gasteiger partial charge in [0.1, 0.15) is 0 Å². The number of unbranched alkanes of at least 4 members (excludes halogenated alkanes) is 4. The Balaban J connectivity index is 2.35. The molecule has 3 heteroatoms. The van der Waals surface area contributed by atoms with Crippen LogP contribution in [0.15, 0.2) is 18.3 Å². The zero-order chi connectivity index (χ0) is 12.5. The Morgan fingerprint density at radius 1 is 1.24 bits per heavy atom. The van der Waals surface area contributed by atoms with Crippen LogP contribution in [-0.2, 0) is 0 Å². The highest BCUT2D eigenvalue weighted by molar-refractivity contribution is 5.16. The molecule has 1 aromatic rings. The van der Waals surface area contributed by atoms with Crippen molar-refractivity contribution in [1.29, 1.82) is 0 Å². The number of aryl methyl sites for hydroxylation is 1. The molecular formula is C14H25N3. The van der Waals surface area contributed by atoms with E-state index in [-0.39, 0.29) is 6.04 Å². The van der Waals surface area contributed by atoms with Crippen molar-refractivity contribution in [2.24, 2.45) is 5.84 Å². The van der Waals surface area contributed by atoms with E-state index in [9.17, 15) is 0 Å². The molecule has 0 spiro atoms. The third-order valence-corrected chi connectivity index (χ3v) is 3.13. The molecule has 3 nitrogen and oxygen atoms in total. The highest BCUT2D eigenvalue weighted by atomic mass is 15.2. The molecule has 1 atom stereocenters. The summed E-state index contributed by atoms with van der Waals surface area (Å²) in [4.78, 5) is 4.31. The summed E-state index contributed by atoms with van der Waals surface area (Å²) in [5, 5.41) is 0. The van der Waals surface area contributed by atoms with Crippen molar-refractivity contribution in [2.75, 3.05) is 0 Å². The second kappa shape index (κ2) is 8.20. The second-order valence-electron chi connectivity index (χ2n) is 4.66. The molecule has 3 N–H and O–H groups in total. The number of pyridine rings is 1. The number of hydrogen-bond donors (Lipinski definition) is 2. The first-order valence-corrected chi connectivity index (χ1v) is 6.66. The average molecular weight is 235 g/mol. The van der Waals surface area contributed by atoms with Gasteiger partial charge in [0.15, 0.2) is 0 Å². The molecule has 1 unspecified atom stereocenters. The van der Waals surface area contributed by atoms with E-state index in [0.29, 0.717) is 0 Å². The first kappa shape index (κ1) is 14.1. The predicted molar refractivity (Wildman–Crippen MR) is 72.4 cm³/mol. The first-order chi connectivity index (χ1) is 8.27. The van der Waals surface area contributed by atoms with Gasteiger partial charge < -0.3 is 0 Å². The number of nitrogens with two attached hydrogens (primary N) is 1. The molecule has 0 amide bonds. The Morgan fingerprint density at radius 2 is 2.00 bits per heavy atom. The van der Waals surface area contributed by atoms with Gasteiger partial charge in [-0.25, -0.2) is 0 Å². The number of nitrogens with one attached hydrogen (secondary N) is 1. The van der Waals surface area contributed by atoms with Gasteiger partial charge in [-0.05, 0) is 25.0 Å². The van der Waals surface area contributed by atoms with Crippen LogP contribution in [0.2, 0.25) is 0 Å². The van der Waals surface area contributed by atoms with Gasteiger partial charge in [0, 0.05) is 17.9 Å². The molecule has 0 aromatic carbocycles. The van der Waals surface area contributed by atoms with Crippen molar-refractivity contribution in [3.05, 3.63) is 29.6 Å². The summed E-state index contributed by atoms with van der Waals surface area (Å²) in [6, 6.07) is 4.39. The van der Waals surface area contributed by atoms with Crippen LogP contribution in [0.3, 0.4) is 0 Å². The van der Waals surface area contributed by atoms with Crippen LogP contribution in [0.4, 0.5) is 0 Å². The molecular weight excluding hydrogens is 210 g/mol. The van der Waals surface area contributed by atoms with Gasteiger partial charge in [0.25, 0.3) is 0 Å². The van der Waals surface area contributed by atoms with Gasteiger partial charge in [0.2, 0.25) is 0 Å². The lowest BCUT2D eigenvalue weighted by Crippen LogP contribution is -2.28. The average Bonchev–Trinajstić information content (AvgIpc) is 2.35. The van der Waals surface area contributed by atoms with Crippen LogP contribution in [0.25, 0.3) is 0 Å². The van der Waals surface area contributed by atoms with Crippen molar-refractivity contribution >= 4 is 0 Å². The number of hydrazine groups is 1. The maximum atomic E-state index is 5.61. The molecule has 96 valence electrons. The van der Waals surface area contributed by atoms with Crippen LogP contribution in [0.1, 0.15) is 62.7 Å². The van der Waals surface area contributed by atoms with Gasteiger partial charge in [-0.15, -0.1) is 0 Å². The molecule has 0 saturated heterocycles. The van der Waals surface area contributed by atoms with E-state index >= 15 is 0 Å². The van der Waals surface area contributed by atoms with E-state index < -0.39 is 0 Å². The lowest BCUT2D eigenvalue weighted by atomic mass is 10.0. The quantitative estimate of drug-likeness (QED) is 0.413. The Kier molecular flexibility index (Phi) is 6.82. The summed E-state index contributed by atoms with van der Waals surface area (Å²) < 4.78 is 0. The summed E-state index contributed by atoms with van der Waals surface area (Å²) >= 11 is 0. The smallest absolute Gasteiger partial charge is 0.0475 e. The Labute approximate surface area is 105 Å². The van der Waals surface area contributed by atoms with Crippen LogP contribution in [0.5, 0.6) is 0 Å². The molecule has 0 bridgehead atoms. The minimum Gasteiger partial charge on any atom is -0.271 e. The van der Waals surface area contributed by atoms with Gasteiger partial charge in [-0.3, -0.25) is 16.3 Å². The fraction of sp³-hybridized carbons (Fsp3) is 0.643. The maximum absolute atomic E-state index is 5.61. The number of rotatable bonds is 8. The van der Waals surface area contributed by atoms with Gasteiger partial charge in [-0.2, -0.15) is 0 Å². The monoisotopic (exact) mass is 235 g/mol. The van der Waals surface area contributed by atoms with Crippen molar-refractivity contribution in [3.8, 4) is 0 Å². The highest BCUT2D eigenvalue weighted by Gasteiger charge is 2.09. The molecule has 1 rings (SSSR count). The molecule has 17 heavy (non-hydrogen) atoms. The summed E-state index contributed by atoms with van der Waals surface area (Å²) in [6.45, 7) is 4.24. The Morgan fingerprint density at radius 3 is 2.59 bits per heavy atom. The van der Waals surface area contributed by atoms with Crippen molar-refractivity contribution in [3.63, 3.8) is 0 Å². The fourth-order valence-corrected chi connectivity index (χ4v) is 1.98. The minimum absolute atomic E-state index is 0.240. The Hall–Kier alpha value is -0.930. The SMILES string of the molecule is CCCCCCCC(NN)c1ccc(C)nc1. The van der Waals surface area contributed by atoms with Crippen LogP contribution >= 0.6 is 0 Å². The highest BCUT2D eigenvalue weighted by Crippen LogP contribution is 2.19. The third kappa shape index (κ3) is 5.29. The zero-order valence-corrected chi connectivity index (χ0v) is 11.1. The van der Waals surface area contributed by atoms with Gasteiger partial charge in [-0.1, -0.05) is 45.1 Å². The topological polar surface area (TPSA) is 50.9 Å². The lowest BCUT2D eigenvalue weighted by molar-refractivity contribution is 0.478. The molecule has 0 radical (unpaired) electrons. The van der Waals surface area contributed by atoms with Crippen LogP contribution < -0.4 is 11.3 Å². The summed E-state index contributed by atoms with van der Waals surface area (Å²) in [5.41, 5.74) is 5.13. The molecule has 1 aromatic heterocycles. The van der Waals surface area contributed by atoms with Gasteiger partial charge >= 0.3 is 0 Å². The zero-order valence-electron chi connectivity index (χ0n) is 11.1. The predicted octanol–water partition coefficient (Wildman–Crippen LogP) is 3.25. The first-order valence-electron chi connectivity index (χ1n) is 6.66. The van der Waals surface area contributed by atoms with Crippen molar-refractivity contribution in [1.82, 2.24) is 10.4 Å². The van der Waals surface area contributed by atoms with E-state index in [1.165, 1.54) is 37.7 Å². The largest absolute Gasteiger partial charge is 0.271 e. The normalized spacial score (nSPS) is 12.6. The molecule has 0 fully saturated rings. The fourth-order valence-electron chi connectivity index (χ4n) is 1.98. The minimum atomic E-state index is 0.240. The van der Waals surface area contributed by atoms with Crippen molar-refractivity contribution in [2.45, 2.75) is 58.4 Å². The number of hydrogen-bond acceptors (Lipinski definition) is 3. The number of nitrogens with zero attached hydrogens (tertiary/aromatic N) is 1. The van der Waals surface area contributed by atoms with Crippen LogP contribution in [-0.4, -0.2) is 4.98 Å². The molecule has 0 aliphatic heterocycles. The summed E-state index contributed by atoms with van der Waals surface area (Å²) in [6.07, 6.45) is 9.50. The lowest BCUT2D eigenvalue weighted by Gasteiger charge is -2.15. The summed E-state index contributed by atoms with van der Waals surface area (Å²) in [7, 11) is 0. The van der Waals surface area contributed by atoms with Crippen LogP contribution in [0, 0.1) is 6.92 Å². The van der Waals surface area contributed by atoms with E-state index in [1.807, 2.05) is 19.2 Å².